The van der Waals surface area contributed by atoms with Gasteiger partial charge in [-0.2, -0.15) is 0 Å². The molecule has 7 aromatic carbocycles. The molecule has 0 aliphatic carbocycles. The van der Waals surface area contributed by atoms with Crippen LogP contribution in [0.15, 0.2) is 213 Å². The number of carbonyl (C=O) groups excluding carboxylic acids is 5. The number of benzene rings is 7. The van der Waals surface area contributed by atoms with Gasteiger partial charge in [0.15, 0.2) is 34.7 Å². The first kappa shape index (κ1) is 83.2. The fraction of sp³-hybridized carbons (Fsp3) is 0.205. The Morgan fingerprint density at radius 2 is 0.873 bits per heavy atom. The van der Waals surface area contributed by atoms with Crippen LogP contribution < -0.4 is 35.5 Å². The van der Waals surface area contributed by atoms with E-state index in [-0.39, 0.29) is 88.0 Å². The summed E-state index contributed by atoms with van der Waals surface area (Å²) in [6.45, 7) is 5.52. The quantitative estimate of drug-likeness (QED) is 0.0529. The van der Waals surface area contributed by atoms with Crippen LogP contribution in [0.2, 0.25) is 0 Å². The number of carbonyl (C=O) groups is 6. The summed E-state index contributed by atoms with van der Waals surface area (Å²) in [5, 5.41) is 19.0. The fourth-order valence-electron chi connectivity index (χ4n) is 14.0. The summed E-state index contributed by atoms with van der Waals surface area (Å²) in [7, 11) is 4.11. The number of aromatic nitrogens is 9. The fourth-order valence-corrected chi connectivity index (χ4v) is 14.0. The van der Waals surface area contributed by atoms with E-state index in [1.165, 1.54) is 64.7 Å². The van der Waals surface area contributed by atoms with Crippen molar-refractivity contribution < 1.29 is 66.0 Å². The Bertz CT molecular complexity index is 5960. The summed E-state index contributed by atoms with van der Waals surface area (Å²) in [6, 6.07) is 43.9. The first-order valence-corrected chi connectivity index (χ1v) is 37.3. The number of rotatable bonds is 17. The summed E-state index contributed by atoms with van der Waals surface area (Å²) in [5.41, 5.74) is 9.26. The Hall–Kier alpha value is -14.2. The number of likely N-dealkylation sites (tertiary alicyclic amines) is 2. The minimum absolute atomic E-state index is 0. The van der Waals surface area contributed by atoms with E-state index in [9.17, 15) is 41.9 Å². The van der Waals surface area contributed by atoms with Gasteiger partial charge >= 0.3 is 12.1 Å². The van der Waals surface area contributed by atoms with E-state index in [1.807, 2.05) is 75.8 Å². The van der Waals surface area contributed by atoms with Gasteiger partial charge in [-0.05, 0) is 143 Å². The van der Waals surface area contributed by atoms with Crippen LogP contribution in [-0.4, -0.2) is 135 Å². The molecule has 5 N–H and O–H groups in total. The number of fused-ring (bicyclic) bond motifs is 3. The van der Waals surface area contributed by atoms with Crippen molar-refractivity contribution in [3.8, 4) is 74.7 Å². The second kappa shape index (κ2) is 38.7. The molecule has 0 bridgehead atoms. The summed E-state index contributed by atoms with van der Waals surface area (Å²) in [6.07, 6.45) is 21.0. The number of nitrogens with zero attached hydrogens (tertiary/aromatic N) is 11. The predicted molar refractivity (Wildman–Crippen MR) is 442 cm³/mol. The molecule has 6 aromatic heterocycles. The minimum Gasteiger partial charge on any atom is -0.494 e. The van der Waals surface area contributed by atoms with Gasteiger partial charge in [0.1, 0.15) is 24.1 Å². The van der Waals surface area contributed by atoms with Crippen LogP contribution in [0, 0.1) is 41.1 Å². The molecule has 3 aliphatic heterocycles. The lowest BCUT2D eigenvalue weighted by Crippen LogP contribution is -2.32. The van der Waals surface area contributed by atoms with Crippen LogP contribution in [0.1, 0.15) is 125 Å². The first-order valence-electron chi connectivity index (χ1n) is 37.3. The van der Waals surface area contributed by atoms with Gasteiger partial charge in [0.2, 0.25) is 0 Å². The third-order valence-corrected chi connectivity index (χ3v) is 19.6. The van der Waals surface area contributed by atoms with Crippen molar-refractivity contribution in [1.29, 1.82) is 0 Å². The van der Waals surface area contributed by atoms with E-state index in [0.717, 1.165) is 101 Å². The van der Waals surface area contributed by atoms with Crippen LogP contribution in [0.25, 0.3) is 50.3 Å². The number of aliphatic carboxylic acids is 1. The van der Waals surface area contributed by atoms with E-state index >= 15 is 0 Å². The molecule has 600 valence electrons. The zero-order chi connectivity index (χ0) is 82.1. The van der Waals surface area contributed by atoms with Crippen LogP contribution in [0.4, 0.5) is 35.0 Å². The number of anilines is 3. The molecule has 16 rings (SSSR count). The zero-order valence-corrected chi connectivity index (χ0v) is 66.2. The second-order valence-electron chi connectivity index (χ2n) is 26.8. The van der Waals surface area contributed by atoms with E-state index in [0.29, 0.717) is 47.0 Å². The maximum atomic E-state index is 14.5. The van der Waals surface area contributed by atoms with Crippen molar-refractivity contribution in [2.45, 2.75) is 77.1 Å². The Labute approximate surface area is 686 Å². The molecule has 3 saturated heterocycles. The van der Waals surface area contributed by atoms with E-state index in [4.69, 9.17) is 39.0 Å². The predicted octanol–water partition coefficient (Wildman–Crippen LogP) is 15.6. The number of amides is 5. The molecule has 0 unspecified atom stereocenters. The highest BCUT2D eigenvalue weighted by Crippen LogP contribution is 2.39. The van der Waals surface area contributed by atoms with Crippen LogP contribution in [-0.2, 0) is 20.9 Å². The van der Waals surface area contributed by atoms with Gasteiger partial charge in [0, 0.05) is 89.6 Å². The summed E-state index contributed by atoms with van der Waals surface area (Å²) in [4.78, 5) is 104. The molecular formula is C88H79BrF3N15O11. The molecule has 118 heavy (non-hydrogen) atoms. The van der Waals surface area contributed by atoms with Gasteiger partial charge in [-0.3, -0.25) is 52.2 Å². The zero-order valence-electron chi connectivity index (χ0n) is 64.5. The van der Waals surface area contributed by atoms with Crippen LogP contribution in [0.5, 0.6) is 17.2 Å². The normalized spacial score (nSPS) is 14.4. The lowest BCUT2D eigenvalue weighted by Gasteiger charge is -2.23. The van der Waals surface area contributed by atoms with Crippen LogP contribution in [0.3, 0.4) is 0 Å². The smallest absolute Gasteiger partial charge is 0.410 e. The highest BCUT2D eigenvalue weighted by Gasteiger charge is 2.36. The third-order valence-electron chi connectivity index (χ3n) is 19.6. The SMILES string of the molecule is Br.CC#CC(=O)N1CCC[C@H]1c1nc(-c2ccc(C(=O)Nc3cccc(OC)c3F)cc2)c2cnccn12.CC#CC(=O)O.COc1cccc(NC(=O)c2ccc(-c3nc([C@@H]4CCCN4)n4ccncc34)cc2)c1F.COc1cccc(NC(=O)c2ccc(-c3nc([C@@H]4CCCN4C(=O)OCc4ccccc4)n4ccncc34)cc2)c1F. The Balaban J connectivity index is 0.000000158. The molecule has 30 heteroatoms. The van der Waals surface area contributed by atoms with Gasteiger partial charge in [-0.1, -0.05) is 96.8 Å². The van der Waals surface area contributed by atoms with Crippen molar-refractivity contribution in [3.05, 3.63) is 271 Å². The average Bonchev–Trinajstić information content (AvgIpc) is 1.62. The van der Waals surface area contributed by atoms with Crippen molar-refractivity contribution in [1.82, 2.24) is 58.2 Å². The van der Waals surface area contributed by atoms with Gasteiger partial charge < -0.3 is 50.2 Å². The number of halogens is 4. The Kier molecular flexibility index (Phi) is 27.3. The molecular weight excluding hydrogens is 1580 g/mol. The summed E-state index contributed by atoms with van der Waals surface area (Å²) in [5.74, 6) is 7.53. The third kappa shape index (κ3) is 18.7. The summed E-state index contributed by atoms with van der Waals surface area (Å²) < 4.78 is 69.9. The maximum Gasteiger partial charge on any atom is 0.410 e. The first-order chi connectivity index (χ1) is 57.0. The molecule has 3 fully saturated rings. The second-order valence-corrected chi connectivity index (χ2v) is 26.8. The number of carboxylic acids is 1. The van der Waals surface area contributed by atoms with E-state index in [2.05, 4.69) is 58.4 Å². The number of methoxy groups -OCH3 is 3. The monoisotopic (exact) mass is 1660 g/mol. The van der Waals surface area contributed by atoms with E-state index < -0.39 is 41.1 Å². The van der Waals surface area contributed by atoms with Crippen molar-refractivity contribution in [3.63, 3.8) is 0 Å². The molecule has 5 amide bonds. The Morgan fingerprint density at radius 3 is 1.25 bits per heavy atom. The number of hydrogen-bond donors (Lipinski definition) is 5. The molecule has 3 atom stereocenters. The van der Waals surface area contributed by atoms with Gasteiger partial charge in [-0.25, -0.2) is 37.7 Å². The van der Waals surface area contributed by atoms with Crippen molar-refractivity contribution in [2.75, 3.05) is 56.9 Å². The molecule has 0 spiro atoms. The van der Waals surface area contributed by atoms with Crippen molar-refractivity contribution in [2.24, 2.45) is 0 Å². The number of ether oxygens (including phenoxy) is 4. The minimum atomic E-state index is -1.07. The van der Waals surface area contributed by atoms with Crippen LogP contribution >= 0.6 is 17.0 Å². The lowest BCUT2D eigenvalue weighted by molar-refractivity contribution is -0.130. The average molecular weight is 1660 g/mol. The van der Waals surface area contributed by atoms with E-state index in [1.54, 1.807) is 133 Å². The highest BCUT2D eigenvalue weighted by molar-refractivity contribution is 8.93. The number of hydrogen-bond acceptors (Lipinski definition) is 17. The summed E-state index contributed by atoms with van der Waals surface area (Å²) >= 11 is 0. The van der Waals surface area contributed by atoms with Crippen molar-refractivity contribution >= 4 is 86.3 Å². The molecule has 9 heterocycles. The molecule has 0 saturated carbocycles. The largest absolute Gasteiger partial charge is 0.494 e. The number of nitrogens with one attached hydrogen (secondary N) is 4. The lowest BCUT2D eigenvalue weighted by atomic mass is 10.1. The topological polar surface area (TPSA) is 305 Å². The maximum absolute atomic E-state index is 14.5. The molecule has 3 aliphatic rings. The van der Waals surface area contributed by atoms with Gasteiger partial charge in [0.05, 0.1) is 109 Å². The molecule has 13 aromatic rings. The van der Waals surface area contributed by atoms with Gasteiger partial charge in [0.25, 0.3) is 23.6 Å². The Morgan fingerprint density at radius 1 is 0.483 bits per heavy atom. The molecule has 0 radical (unpaired) electrons. The number of imidazole rings is 3. The standard InChI is InChI=1S/C32H28FN5O4.C28H24FN5O3.C24H22FN5O2.C4H4O2.BrH/c1-41-27-11-5-9-24(28(27)33)35-31(39)23-14-12-22(13-15-23)29-26-19-34-16-18-37(26)30(36-29)25-10-6-17-38(25)32(40)42-20-21-7-3-2-4-8-21;1-3-6-24(35)33-15-5-8-21(33)27-32-26(22-17-30-14-16-34(22)27)18-10-12-19(13-11-18)28(36)31-20-7-4-9-23(37-2)25(20)29;1-32-20-6-2-4-17(21(20)25)28-24(31)16-9-7-15(8-10-16)22-19-14-26-12-13-30(19)23(29-22)18-5-3-11-27-18;1-2-3-4(5)6;/h2-5,7-9,11-16,18-19,25H,6,10,17,20H2,1H3,(H,35,39);4,7,9-14,16-17,21H,5,8,15H2,1-2H3,(H,31,36);2,4,6-10,12-14,18,27H,3,5,11H2,1H3,(H,28,31);1H3,(H,5,6);1H/t25-;21-;18-;;/m000../s1. The highest BCUT2D eigenvalue weighted by atomic mass is 79.9. The molecule has 26 nitrogen and oxygen atoms in total. The number of carboxylic acid groups (broad SMARTS) is 1. The van der Waals surface area contributed by atoms with Gasteiger partial charge in [-0.15, -0.1) is 17.0 Å².